The monoisotopic (exact) mass is 443 g/mol. The minimum atomic E-state index is -0.259. The zero-order valence-corrected chi connectivity index (χ0v) is 19.1. The number of hydrogen-bond acceptors (Lipinski definition) is 6. The fraction of sp³-hybridized carbons (Fsp3) is 0.565. The Kier molecular flexibility index (Phi) is 8.61. The highest BCUT2D eigenvalue weighted by molar-refractivity contribution is 5.85. The molecular formula is C23H33N5O4. The average Bonchev–Trinajstić information content (AvgIpc) is 3.24. The van der Waals surface area contributed by atoms with E-state index in [0.29, 0.717) is 51.5 Å². The van der Waals surface area contributed by atoms with Crippen LogP contribution in [0.2, 0.25) is 0 Å². The molecule has 0 saturated carbocycles. The van der Waals surface area contributed by atoms with Crippen LogP contribution < -0.4 is 4.74 Å². The minimum Gasteiger partial charge on any atom is -0.497 e. The van der Waals surface area contributed by atoms with Crippen LogP contribution in [0.1, 0.15) is 32.3 Å². The SMILES string of the molecule is COc1cccc(COC2CN(C(=O)CCCn3cncn3)CC(=O)N(CC(C)C)C2)c1. The van der Waals surface area contributed by atoms with Crippen LogP contribution in [0.4, 0.5) is 0 Å². The van der Waals surface area contributed by atoms with Gasteiger partial charge in [0.05, 0.1) is 26.4 Å². The van der Waals surface area contributed by atoms with Gasteiger partial charge in [-0.15, -0.1) is 0 Å². The molecule has 9 heteroatoms. The summed E-state index contributed by atoms with van der Waals surface area (Å²) in [6.07, 6.45) is 3.83. The summed E-state index contributed by atoms with van der Waals surface area (Å²) in [5, 5.41) is 4.06. The van der Waals surface area contributed by atoms with Gasteiger partial charge < -0.3 is 19.3 Å². The summed E-state index contributed by atoms with van der Waals surface area (Å²) in [6, 6.07) is 7.71. The Morgan fingerprint density at radius 2 is 2.12 bits per heavy atom. The second kappa shape index (κ2) is 11.6. The topological polar surface area (TPSA) is 89.8 Å². The maximum Gasteiger partial charge on any atom is 0.242 e. The lowest BCUT2D eigenvalue weighted by Crippen LogP contribution is -2.40. The molecule has 174 valence electrons. The third kappa shape index (κ3) is 7.05. The van der Waals surface area contributed by atoms with E-state index < -0.39 is 0 Å². The highest BCUT2D eigenvalue weighted by atomic mass is 16.5. The summed E-state index contributed by atoms with van der Waals surface area (Å²) < 4.78 is 13.2. The molecule has 1 aromatic heterocycles. The van der Waals surface area contributed by atoms with E-state index in [9.17, 15) is 9.59 Å². The van der Waals surface area contributed by atoms with E-state index in [-0.39, 0.29) is 24.5 Å². The molecule has 1 atom stereocenters. The van der Waals surface area contributed by atoms with Crippen LogP contribution in [0, 0.1) is 5.92 Å². The van der Waals surface area contributed by atoms with Gasteiger partial charge in [0.15, 0.2) is 0 Å². The van der Waals surface area contributed by atoms with Gasteiger partial charge in [-0.25, -0.2) is 4.98 Å². The van der Waals surface area contributed by atoms with Crippen LogP contribution >= 0.6 is 0 Å². The molecule has 32 heavy (non-hydrogen) atoms. The van der Waals surface area contributed by atoms with Gasteiger partial charge in [0.2, 0.25) is 11.8 Å². The van der Waals surface area contributed by atoms with Gasteiger partial charge in [-0.3, -0.25) is 14.3 Å². The largest absolute Gasteiger partial charge is 0.497 e. The normalized spacial score (nSPS) is 17.0. The Labute approximate surface area is 189 Å². The van der Waals surface area contributed by atoms with E-state index in [2.05, 4.69) is 23.9 Å². The van der Waals surface area contributed by atoms with Gasteiger partial charge in [-0.2, -0.15) is 5.10 Å². The molecule has 0 radical (unpaired) electrons. The Balaban J connectivity index is 1.63. The van der Waals surface area contributed by atoms with Crippen LogP contribution in [-0.2, 0) is 27.5 Å². The molecule has 1 aliphatic rings. The zero-order chi connectivity index (χ0) is 22.9. The molecule has 9 nitrogen and oxygen atoms in total. The fourth-order valence-corrected chi connectivity index (χ4v) is 3.77. The first-order valence-electron chi connectivity index (χ1n) is 11.1. The predicted molar refractivity (Wildman–Crippen MR) is 119 cm³/mol. The van der Waals surface area contributed by atoms with Crippen molar-refractivity contribution in [3.63, 3.8) is 0 Å². The summed E-state index contributed by atoms with van der Waals surface area (Å²) in [5.41, 5.74) is 0.987. The fourth-order valence-electron chi connectivity index (χ4n) is 3.77. The molecule has 0 bridgehead atoms. The van der Waals surface area contributed by atoms with Crippen LogP contribution in [0.25, 0.3) is 0 Å². The number of benzene rings is 1. The van der Waals surface area contributed by atoms with Crippen LogP contribution in [0.5, 0.6) is 5.75 Å². The van der Waals surface area contributed by atoms with Crippen molar-refractivity contribution in [3.05, 3.63) is 42.5 Å². The van der Waals surface area contributed by atoms with Gasteiger partial charge in [-0.1, -0.05) is 26.0 Å². The van der Waals surface area contributed by atoms with Crippen molar-refractivity contribution in [1.82, 2.24) is 24.6 Å². The lowest BCUT2D eigenvalue weighted by molar-refractivity contribution is -0.139. The Hall–Kier alpha value is -2.94. The first-order valence-corrected chi connectivity index (χ1v) is 11.1. The lowest BCUT2D eigenvalue weighted by Gasteiger charge is -2.26. The summed E-state index contributed by atoms with van der Waals surface area (Å²) in [4.78, 5) is 33.1. The van der Waals surface area contributed by atoms with Gasteiger partial charge >= 0.3 is 0 Å². The quantitative estimate of drug-likeness (QED) is 0.558. The molecule has 2 heterocycles. The third-order valence-electron chi connectivity index (χ3n) is 5.33. The van der Waals surface area contributed by atoms with Crippen molar-refractivity contribution in [2.75, 3.05) is 33.3 Å². The summed E-state index contributed by atoms with van der Waals surface area (Å²) in [7, 11) is 1.63. The Morgan fingerprint density at radius 1 is 1.28 bits per heavy atom. The minimum absolute atomic E-state index is 0.0317. The van der Waals surface area contributed by atoms with Crippen molar-refractivity contribution < 1.29 is 19.1 Å². The van der Waals surface area contributed by atoms with E-state index in [1.807, 2.05) is 29.2 Å². The Morgan fingerprint density at radius 3 is 2.84 bits per heavy atom. The first kappa shape index (κ1) is 23.7. The van der Waals surface area contributed by atoms with E-state index in [4.69, 9.17) is 9.47 Å². The van der Waals surface area contributed by atoms with Crippen molar-refractivity contribution in [1.29, 1.82) is 0 Å². The number of methoxy groups -OCH3 is 1. The van der Waals surface area contributed by atoms with Crippen LogP contribution in [-0.4, -0.2) is 75.8 Å². The smallest absolute Gasteiger partial charge is 0.242 e. The van der Waals surface area contributed by atoms with Gasteiger partial charge in [0, 0.05) is 32.6 Å². The zero-order valence-electron chi connectivity index (χ0n) is 19.1. The molecule has 1 unspecified atom stereocenters. The maximum atomic E-state index is 12.9. The number of aromatic nitrogens is 3. The molecule has 2 aromatic rings. The Bertz CT molecular complexity index is 871. The second-order valence-electron chi connectivity index (χ2n) is 8.51. The molecule has 1 saturated heterocycles. The summed E-state index contributed by atoms with van der Waals surface area (Å²) >= 11 is 0. The maximum absolute atomic E-state index is 12.9. The van der Waals surface area contributed by atoms with E-state index in [0.717, 1.165) is 11.3 Å². The number of amides is 2. The number of aryl methyl sites for hydroxylation is 1. The number of ether oxygens (including phenoxy) is 2. The van der Waals surface area contributed by atoms with E-state index >= 15 is 0 Å². The summed E-state index contributed by atoms with van der Waals surface area (Å²) in [5.74, 6) is 1.03. The highest BCUT2D eigenvalue weighted by Crippen LogP contribution is 2.17. The van der Waals surface area contributed by atoms with E-state index in [1.165, 1.54) is 6.33 Å². The molecule has 0 N–H and O–H groups in total. The van der Waals surface area contributed by atoms with Crippen molar-refractivity contribution >= 4 is 11.8 Å². The molecule has 3 rings (SSSR count). The molecule has 0 spiro atoms. The van der Waals surface area contributed by atoms with Crippen molar-refractivity contribution in [2.24, 2.45) is 5.92 Å². The number of nitrogens with zero attached hydrogens (tertiary/aromatic N) is 5. The van der Waals surface area contributed by atoms with Crippen LogP contribution in [0.3, 0.4) is 0 Å². The van der Waals surface area contributed by atoms with Crippen molar-refractivity contribution in [3.8, 4) is 5.75 Å². The summed E-state index contributed by atoms with van der Waals surface area (Å²) in [6.45, 7) is 6.77. The molecular weight excluding hydrogens is 410 g/mol. The molecule has 1 aliphatic heterocycles. The van der Waals surface area contributed by atoms with Gasteiger partial charge in [-0.05, 0) is 30.0 Å². The average molecular weight is 444 g/mol. The first-order chi connectivity index (χ1) is 15.4. The molecule has 2 amide bonds. The second-order valence-corrected chi connectivity index (χ2v) is 8.51. The standard InChI is InChI=1S/C23H33N5O4/c1-18(2)11-26-12-21(32-15-19-6-4-7-20(10-19)31-3)13-27(14-23(26)30)22(29)8-5-9-28-17-24-16-25-28/h4,6-7,10,16-18,21H,5,8-9,11-15H2,1-3H3. The third-order valence-corrected chi connectivity index (χ3v) is 5.33. The number of carbonyl (C=O) groups excluding carboxylic acids is 2. The lowest BCUT2D eigenvalue weighted by atomic mass is 10.2. The van der Waals surface area contributed by atoms with Gasteiger partial charge in [0.25, 0.3) is 0 Å². The molecule has 0 aliphatic carbocycles. The van der Waals surface area contributed by atoms with Crippen molar-refractivity contribution in [2.45, 2.75) is 45.9 Å². The highest BCUT2D eigenvalue weighted by Gasteiger charge is 2.31. The molecule has 1 aromatic carbocycles. The number of carbonyl (C=O) groups is 2. The number of hydrogen-bond donors (Lipinski definition) is 0. The van der Waals surface area contributed by atoms with Gasteiger partial charge in [0.1, 0.15) is 18.4 Å². The number of rotatable bonds is 10. The van der Waals surface area contributed by atoms with E-state index in [1.54, 1.807) is 23.0 Å². The molecule has 1 fully saturated rings. The predicted octanol–water partition coefficient (Wildman–Crippen LogP) is 1.98. The van der Waals surface area contributed by atoms with Crippen LogP contribution in [0.15, 0.2) is 36.9 Å².